The molecule has 20 heavy (non-hydrogen) atoms. The van der Waals surface area contributed by atoms with Crippen molar-refractivity contribution < 1.29 is 17.9 Å². The van der Waals surface area contributed by atoms with Gasteiger partial charge in [-0.25, -0.2) is 8.42 Å². The molecule has 0 radical (unpaired) electrons. The van der Waals surface area contributed by atoms with Crippen LogP contribution >= 0.6 is 0 Å². The third-order valence-electron chi connectivity index (χ3n) is 3.05. The summed E-state index contributed by atoms with van der Waals surface area (Å²) in [7, 11) is -2.97. The van der Waals surface area contributed by atoms with E-state index in [0.29, 0.717) is 17.9 Å². The summed E-state index contributed by atoms with van der Waals surface area (Å²) in [5.74, 6) is 0.601. The van der Waals surface area contributed by atoms with Crippen LogP contribution < -0.4 is 15.8 Å². The van der Waals surface area contributed by atoms with E-state index in [1.54, 1.807) is 24.3 Å². The molecule has 0 saturated carbocycles. The molecule has 6 nitrogen and oxygen atoms in total. The van der Waals surface area contributed by atoms with E-state index >= 15 is 0 Å². The van der Waals surface area contributed by atoms with E-state index in [0.717, 1.165) is 0 Å². The van der Waals surface area contributed by atoms with Crippen LogP contribution in [0.25, 0.3) is 0 Å². The number of hydrogen-bond donors (Lipinski definition) is 2. The number of anilines is 1. The lowest BCUT2D eigenvalue weighted by molar-refractivity contribution is -0.122. The molecular weight excluding hydrogens is 280 g/mol. The summed E-state index contributed by atoms with van der Waals surface area (Å²) >= 11 is 0. The first-order valence-electron chi connectivity index (χ1n) is 6.43. The molecule has 1 aliphatic heterocycles. The van der Waals surface area contributed by atoms with Crippen molar-refractivity contribution in [2.75, 3.05) is 23.8 Å². The quantitative estimate of drug-likeness (QED) is 0.764. The van der Waals surface area contributed by atoms with Gasteiger partial charge in [-0.3, -0.25) is 4.79 Å². The summed E-state index contributed by atoms with van der Waals surface area (Å²) in [6, 6.07) is 6.70. The third kappa shape index (κ3) is 4.41. The number of carbonyl (C=O) groups excluding carboxylic acids is 1. The minimum Gasteiger partial charge on any atom is -0.493 e. The molecule has 1 saturated heterocycles. The van der Waals surface area contributed by atoms with E-state index in [1.165, 1.54) is 0 Å². The monoisotopic (exact) mass is 298 g/mol. The van der Waals surface area contributed by atoms with Crippen molar-refractivity contribution in [2.45, 2.75) is 18.9 Å². The van der Waals surface area contributed by atoms with Gasteiger partial charge in [-0.1, -0.05) is 6.07 Å². The van der Waals surface area contributed by atoms with E-state index in [-0.39, 0.29) is 36.5 Å². The molecule has 0 bridgehead atoms. The van der Waals surface area contributed by atoms with Crippen molar-refractivity contribution in [1.82, 2.24) is 5.32 Å². The molecule has 3 N–H and O–H groups in total. The van der Waals surface area contributed by atoms with Crippen molar-refractivity contribution in [1.29, 1.82) is 0 Å². The van der Waals surface area contributed by atoms with Crippen LogP contribution in [-0.2, 0) is 14.6 Å². The zero-order valence-corrected chi connectivity index (χ0v) is 11.9. The SMILES string of the molecule is Nc1cccc(OCCC(=O)NC2CCS(=O)(=O)C2)c1. The Labute approximate surface area is 118 Å². The second kappa shape index (κ2) is 6.13. The Hall–Kier alpha value is -1.76. The van der Waals surface area contributed by atoms with Gasteiger partial charge in [0.1, 0.15) is 5.75 Å². The van der Waals surface area contributed by atoms with E-state index in [2.05, 4.69) is 5.32 Å². The minimum atomic E-state index is -2.97. The fourth-order valence-corrected chi connectivity index (χ4v) is 3.75. The summed E-state index contributed by atoms with van der Waals surface area (Å²) in [4.78, 5) is 11.7. The third-order valence-corrected chi connectivity index (χ3v) is 4.82. The zero-order valence-electron chi connectivity index (χ0n) is 11.0. The molecule has 7 heteroatoms. The maximum atomic E-state index is 11.7. The maximum Gasteiger partial charge on any atom is 0.223 e. The van der Waals surface area contributed by atoms with Gasteiger partial charge in [-0.05, 0) is 18.6 Å². The highest BCUT2D eigenvalue weighted by molar-refractivity contribution is 7.91. The Kier molecular flexibility index (Phi) is 4.49. The number of nitrogens with one attached hydrogen (secondary N) is 1. The Bertz CT molecular complexity index is 586. The fourth-order valence-electron chi connectivity index (χ4n) is 2.07. The van der Waals surface area contributed by atoms with Gasteiger partial charge in [0, 0.05) is 17.8 Å². The molecule has 1 aliphatic rings. The van der Waals surface area contributed by atoms with Gasteiger partial charge in [-0.15, -0.1) is 0 Å². The summed E-state index contributed by atoms with van der Waals surface area (Å²) in [5.41, 5.74) is 6.21. The summed E-state index contributed by atoms with van der Waals surface area (Å²) in [5, 5.41) is 2.71. The Morgan fingerprint density at radius 3 is 2.90 bits per heavy atom. The second-order valence-corrected chi connectivity index (χ2v) is 7.07. The summed E-state index contributed by atoms with van der Waals surface area (Å²) < 4.78 is 27.9. The minimum absolute atomic E-state index is 0.0365. The highest BCUT2D eigenvalue weighted by Gasteiger charge is 2.28. The molecule has 1 amide bonds. The number of benzene rings is 1. The molecular formula is C13H18N2O4S. The van der Waals surface area contributed by atoms with Crippen LogP contribution in [0.4, 0.5) is 5.69 Å². The molecule has 1 aromatic rings. The van der Waals surface area contributed by atoms with Gasteiger partial charge < -0.3 is 15.8 Å². The smallest absolute Gasteiger partial charge is 0.223 e. The summed E-state index contributed by atoms with van der Waals surface area (Å²) in [6.07, 6.45) is 0.676. The lowest BCUT2D eigenvalue weighted by Crippen LogP contribution is -2.36. The molecule has 2 rings (SSSR count). The van der Waals surface area contributed by atoms with Crippen molar-refractivity contribution in [3.8, 4) is 5.75 Å². The van der Waals surface area contributed by atoms with Gasteiger partial charge in [0.2, 0.25) is 5.91 Å². The first kappa shape index (κ1) is 14.6. The molecule has 1 atom stereocenters. The van der Waals surface area contributed by atoms with Crippen molar-refractivity contribution in [2.24, 2.45) is 0 Å². The average molecular weight is 298 g/mol. The van der Waals surface area contributed by atoms with Crippen molar-refractivity contribution in [3.05, 3.63) is 24.3 Å². The first-order chi connectivity index (χ1) is 9.44. The average Bonchev–Trinajstić information content (AvgIpc) is 2.68. The van der Waals surface area contributed by atoms with Crippen molar-refractivity contribution >= 4 is 21.4 Å². The number of rotatable bonds is 5. The van der Waals surface area contributed by atoms with Crippen LogP contribution in [0.5, 0.6) is 5.75 Å². The molecule has 1 heterocycles. The largest absolute Gasteiger partial charge is 0.493 e. The first-order valence-corrected chi connectivity index (χ1v) is 8.25. The Balaban J connectivity index is 1.71. The van der Waals surface area contributed by atoms with E-state index in [9.17, 15) is 13.2 Å². The molecule has 0 aliphatic carbocycles. The van der Waals surface area contributed by atoms with E-state index in [4.69, 9.17) is 10.5 Å². The highest BCUT2D eigenvalue weighted by Crippen LogP contribution is 2.15. The Morgan fingerprint density at radius 2 is 2.25 bits per heavy atom. The number of carbonyl (C=O) groups is 1. The second-order valence-electron chi connectivity index (χ2n) is 4.84. The van der Waals surface area contributed by atoms with Crippen LogP contribution in [0.2, 0.25) is 0 Å². The van der Waals surface area contributed by atoms with Crippen LogP contribution in [0, 0.1) is 0 Å². The maximum absolute atomic E-state index is 11.7. The van der Waals surface area contributed by atoms with E-state index < -0.39 is 9.84 Å². The summed E-state index contributed by atoms with van der Waals surface area (Å²) in [6.45, 7) is 0.231. The number of nitrogens with two attached hydrogens (primary N) is 1. The van der Waals surface area contributed by atoms with Crippen LogP contribution in [0.15, 0.2) is 24.3 Å². The number of ether oxygens (including phenoxy) is 1. The van der Waals surface area contributed by atoms with Gasteiger partial charge in [0.15, 0.2) is 9.84 Å². The molecule has 0 spiro atoms. The molecule has 110 valence electrons. The predicted molar refractivity (Wildman–Crippen MR) is 76.2 cm³/mol. The molecule has 1 fully saturated rings. The molecule has 1 unspecified atom stereocenters. The number of nitrogen functional groups attached to an aromatic ring is 1. The normalized spacial score (nSPS) is 20.5. The van der Waals surface area contributed by atoms with E-state index in [1.807, 2.05) is 0 Å². The number of hydrogen-bond acceptors (Lipinski definition) is 5. The molecule has 1 aromatic carbocycles. The lowest BCUT2D eigenvalue weighted by atomic mass is 10.2. The van der Waals surface area contributed by atoms with Gasteiger partial charge in [-0.2, -0.15) is 0 Å². The van der Waals surface area contributed by atoms with Gasteiger partial charge >= 0.3 is 0 Å². The number of amides is 1. The zero-order chi connectivity index (χ0) is 14.6. The lowest BCUT2D eigenvalue weighted by Gasteiger charge is -2.11. The Morgan fingerprint density at radius 1 is 1.45 bits per heavy atom. The van der Waals surface area contributed by atoms with Crippen molar-refractivity contribution in [3.63, 3.8) is 0 Å². The van der Waals surface area contributed by atoms with Gasteiger partial charge in [0.05, 0.1) is 24.5 Å². The molecule has 0 aromatic heterocycles. The standard InChI is InChI=1S/C13H18N2O4S/c14-10-2-1-3-12(8-10)19-6-4-13(16)15-11-5-7-20(17,18)9-11/h1-3,8,11H,4-7,9,14H2,(H,15,16). The highest BCUT2D eigenvalue weighted by atomic mass is 32.2. The topological polar surface area (TPSA) is 98.5 Å². The van der Waals surface area contributed by atoms with Gasteiger partial charge in [0.25, 0.3) is 0 Å². The fraction of sp³-hybridized carbons (Fsp3) is 0.462. The van der Waals surface area contributed by atoms with Crippen LogP contribution in [0.1, 0.15) is 12.8 Å². The number of sulfone groups is 1. The predicted octanol–water partition coefficient (Wildman–Crippen LogP) is 0.341. The van der Waals surface area contributed by atoms with Crippen LogP contribution in [0.3, 0.4) is 0 Å². The van der Waals surface area contributed by atoms with Crippen LogP contribution in [-0.4, -0.2) is 38.5 Å².